The highest BCUT2D eigenvalue weighted by molar-refractivity contribution is 5.74. The molecule has 7 rings (SSSR count). The fourth-order valence-electron chi connectivity index (χ4n) is 10.9. The van der Waals surface area contributed by atoms with Crippen LogP contribution >= 0.6 is 0 Å². The van der Waals surface area contributed by atoms with Gasteiger partial charge in [0.1, 0.15) is 165 Å². The van der Waals surface area contributed by atoms with Crippen LogP contribution in [0.2, 0.25) is 0 Å². The number of hydrogen-bond donors (Lipinski definition) is 22. The van der Waals surface area contributed by atoms with Crippen LogP contribution < -0.4 is 16.0 Å². The maximum absolute atomic E-state index is 12.8. The zero-order valence-electron chi connectivity index (χ0n) is 45.6. The predicted octanol–water partition coefficient (Wildman–Crippen LogP) is -15.2. The Morgan fingerprint density at radius 1 is 0.329 bits per heavy atom. The molecule has 0 aromatic heterocycles. The van der Waals surface area contributed by atoms with E-state index in [1.807, 2.05) is 0 Å². The first-order valence-electron chi connectivity index (χ1n) is 27.0. The zero-order valence-corrected chi connectivity index (χ0v) is 45.6. The van der Waals surface area contributed by atoms with Crippen molar-refractivity contribution in [2.75, 3.05) is 46.2 Å². The smallest absolute Gasteiger partial charge is 0.217 e. The molecule has 3 amide bonds. The number of aliphatic hydroxyl groups is 19. The Labute approximate surface area is 481 Å². The number of nitrogens with one attached hydrogen (secondary N) is 3. The molecule has 38 heteroatoms. The number of carbonyl (C=O) groups is 3. The second-order valence-corrected chi connectivity index (χ2v) is 21.3. The Balaban J connectivity index is 1.22. The van der Waals surface area contributed by atoms with Crippen molar-refractivity contribution in [3.63, 3.8) is 0 Å². The number of ether oxygens (including phenoxy) is 13. The fraction of sp³-hybridized carbons (Fsp3) is 0.936. The second kappa shape index (κ2) is 30.3. The summed E-state index contributed by atoms with van der Waals surface area (Å²) in [7, 11) is 0. The molecule has 85 heavy (non-hydrogen) atoms. The molecule has 38 nitrogen and oxygen atoms in total. The van der Waals surface area contributed by atoms with E-state index in [1.54, 1.807) is 0 Å². The minimum Gasteiger partial charge on any atom is -0.394 e. The maximum Gasteiger partial charge on any atom is 0.217 e. The molecular weight excluding hydrogens is 1170 g/mol. The monoisotopic (exact) mass is 1250 g/mol. The molecule has 7 aliphatic rings. The van der Waals surface area contributed by atoms with Crippen LogP contribution in [0.25, 0.3) is 0 Å². The van der Waals surface area contributed by atoms with Gasteiger partial charge in [-0.2, -0.15) is 0 Å². The third kappa shape index (κ3) is 15.3. The molecule has 0 unspecified atom stereocenters. The van der Waals surface area contributed by atoms with Gasteiger partial charge < -0.3 is 175 Å². The van der Waals surface area contributed by atoms with Crippen LogP contribution in [0.4, 0.5) is 0 Å². The SMILES string of the molecule is CC(=O)N[C@@H]1[C@@H](O)[C@H](O[C@@H]2O[C@H](CO)[C@@H](O[C@@H]3O[C@H](CO)[C@@H](O)[C@H](O[C@H]4O[C@H](CO)[C@@H](O)[C@H](O)[C@@H]4O[C@@H]4O[C@H](CO)[C@@H](O[C@@H]5O[C@H](CO)[C@H](O)[C@H](O)[C@H]5O)[C@H](O)[C@H]4NC(C)=O)[C@@H]3O[C@@H]3OC[C@@H](O)[C@H](O)[C@H]3O)[C@H](O)[C@H]2NC(C)=O)[C@@H](CO)O[C@H]1O. The molecule has 0 spiro atoms. The van der Waals surface area contributed by atoms with Crippen LogP contribution in [0.15, 0.2) is 0 Å². The van der Waals surface area contributed by atoms with Gasteiger partial charge in [-0.1, -0.05) is 0 Å². The highest BCUT2D eigenvalue weighted by Gasteiger charge is 2.60. The van der Waals surface area contributed by atoms with Crippen molar-refractivity contribution in [3.05, 3.63) is 0 Å². The van der Waals surface area contributed by atoms with Gasteiger partial charge in [0.15, 0.2) is 44.0 Å². The third-order valence-corrected chi connectivity index (χ3v) is 15.4. The summed E-state index contributed by atoms with van der Waals surface area (Å²) in [6.07, 6.45) is -61.4. The summed E-state index contributed by atoms with van der Waals surface area (Å²) >= 11 is 0. The first kappa shape index (κ1) is 69.6. The molecule has 0 bridgehead atoms. The molecule has 7 fully saturated rings. The molecular formula is C47H79N3O35. The lowest BCUT2D eigenvalue weighted by atomic mass is 9.93. The number of carbonyl (C=O) groups excluding carboxylic acids is 3. The van der Waals surface area contributed by atoms with Gasteiger partial charge in [-0.25, -0.2) is 0 Å². The topological polar surface area (TPSA) is 592 Å². The number of aliphatic hydroxyl groups excluding tert-OH is 19. The molecule has 0 saturated carbocycles. The molecule has 34 atom stereocenters. The van der Waals surface area contributed by atoms with Crippen molar-refractivity contribution in [2.24, 2.45) is 0 Å². The lowest BCUT2D eigenvalue weighted by molar-refractivity contribution is -0.409. The Hall–Kier alpha value is -2.87. The van der Waals surface area contributed by atoms with E-state index in [0.717, 1.165) is 20.8 Å². The van der Waals surface area contributed by atoms with Gasteiger partial charge in [-0.15, -0.1) is 0 Å². The van der Waals surface area contributed by atoms with Crippen LogP contribution in [0.1, 0.15) is 20.8 Å². The third-order valence-electron chi connectivity index (χ3n) is 15.4. The van der Waals surface area contributed by atoms with Crippen LogP contribution in [-0.2, 0) is 76.0 Å². The normalized spacial score (nSPS) is 48.9. The van der Waals surface area contributed by atoms with Crippen molar-refractivity contribution < 1.29 is 173 Å². The lowest BCUT2D eigenvalue weighted by Gasteiger charge is -2.52. The standard InChI is InChI=1S/C47H79N3O35/c1-11(57)48-21-28(65)35(18(7-54)74-41(21)72)80-42-22(49-12(2)58)30(67)37(20(9-56)78-42)82-47-40(85-44-33(70)24(61)14(60)10-73-44)38(27(64)17(6-53)77-47)83-46-39(32(69)26(63)16(5-52)76-46)84-43-23(50-13(3)59)29(66)36(19(8-55)79-43)81-45-34(71)31(68)25(62)15(4-51)75-45/h14-47,51-56,60-72H,4-10H2,1-3H3,(H,48,57)(H,49,58)(H,50,59)/t14-,15-,16-,17-,18-,19-,20-,21-,22-,23-,24+,25+,26-,27-,28-,29-,30-,31+,32+,33-,34-,35-,36-,37-,38+,39+,40+,41-,42+,43+,44+,45+,46-,47+/m1/s1. The lowest BCUT2D eigenvalue weighted by Crippen LogP contribution is -2.71. The van der Waals surface area contributed by atoms with E-state index in [0.29, 0.717) is 0 Å². The number of rotatable bonds is 21. The highest BCUT2D eigenvalue weighted by atomic mass is 16.8. The van der Waals surface area contributed by atoms with E-state index in [2.05, 4.69) is 16.0 Å². The summed E-state index contributed by atoms with van der Waals surface area (Å²) < 4.78 is 76.6. The molecule has 0 aliphatic carbocycles. The summed E-state index contributed by atoms with van der Waals surface area (Å²) in [6.45, 7) is -3.94. The minimum atomic E-state index is -2.28. The maximum atomic E-state index is 12.8. The zero-order chi connectivity index (χ0) is 62.6. The number of amides is 3. The Kier molecular flexibility index (Phi) is 24.8. The minimum absolute atomic E-state index is 0.727. The van der Waals surface area contributed by atoms with Gasteiger partial charge >= 0.3 is 0 Å². The van der Waals surface area contributed by atoms with E-state index in [-0.39, 0.29) is 0 Å². The summed E-state index contributed by atoms with van der Waals surface area (Å²) in [5, 5.41) is 214. The van der Waals surface area contributed by atoms with Gasteiger partial charge in [0, 0.05) is 20.8 Å². The van der Waals surface area contributed by atoms with Crippen molar-refractivity contribution in [3.8, 4) is 0 Å². The van der Waals surface area contributed by atoms with Gasteiger partial charge in [0.2, 0.25) is 17.7 Å². The Morgan fingerprint density at radius 2 is 0.671 bits per heavy atom. The van der Waals surface area contributed by atoms with Crippen molar-refractivity contribution in [1.29, 1.82) is 0 Å². The van der Waals surface area contributed by atoms with Crippen LogP contribution in [0.3, 0.4) is 0 Å². The molecule has 7 heterocycles. The number of hydrogen-bond acceptors (Lipinski definition) is 35. The van der Waals surface area contributed by atoms with E-state index >= 15 is 0 Å². The molecule has 0 radical (unpaired) electrons. The van der Waals surface area contributed by atoms with Crippen molar-refractivity contribution >= 4 is 17.7 Å². The van der Waals surface area contributed by atoms with E-state index in [4.69, 9.17) is 61.6 Å². The molecule has 0 aromatic carbocycles. The molecule has 7 aliphatic heterocycles. The Bertz CT molecular complexity index is 2130. The second-order valence-electron chi connectivity index (χ2n) is 21.3. The van der Waals surface area contributed by atoms with Gasteiger partial charge in [0.05, 0.1) is 46.2 Å². The highest BCUT2D eigenvalue weighted by Crippen LogP contribution is 2.39. The molecule has 7 saturated heterocycles. The van der Waals surface area contributed by atoms with Crippen LogP contribution in [0.5, 0.6) is 0 Å². The summed E-state index contributed by atoms with van der Waals surface area (Å²) in [5.41, 5.74) is 0. The van der Waals surface area contributed by atoms with Crippen molar-refractivity contribution in [1.82, 2.24) is 16.0 Å². The quantitative estimate of drug-likeness (QED) is 0.0507. The molecule has 22 N–H and O–H groups in total. The largest absolute Gasteiger partial charge is 0.394 e. The van der Waals surface area contributed by atoms with Crippen LogP contribution in [-0.4, -0.2) is 370 Å². The molecule has 492 valence electrons. The average Bonchev–Trinajstić information content (AvgIpc) is 3.61. The predicted molar refractivity (Wildman–Crippen MR) is 261 cm³/mol. The van der Waals surface area contributed by atoms with Crippen molar-refractivity contribution in [2.45, 2.75) is 229 Å². The summed E-state index contributed by atoms with van der Waals surface area (Å²) in [4.78, 5) is 37.5. The Morgan fingerprint density at radius 3 is 1.15 bits per heavy atom. The van der Waals surface area contributed by atoms with Gasteiger partial charge in [-0.05, 0) is 0 Å². The van der Waals surface area contributed by atoms with Gasteiger partial charge in [0.25, 0.3) is 0 Å². The van der Waals surface area contributed by atoms with Gasteiger partial charge in [-0.3, -0.25) is 14.4 Å². The first-order chi connectivity index (χ1) is 40.2. The van der Waals surface area contributed by atoms with E-state index in [9.17, 15) is 111 Å². The first-order valence-corrected chi connectivity index (χ1v) is 27.0. The fourth-order valence-corrected chi connectivity index (χ4v) is 10.9. The molecule has 0 aromatic rings. The summed E-state index contributed by atoms with van der Waals surface area (Å²) in [6, 6.07) is -5.25. The average molecular weight is 1250 g/mol. The van der Waals surface area contributed by atoms with E-state index in [1.165, 1.54) is 0 Å². The van der Waals surface area contributed by atoms with E-state index < -0.39 is 273 Å². The summed E-state index contributed by atoms with van der Waals surface area (Å²) in [5.74, 6) is -2.50. The van der Waals surface area contributed by atoms with Crippen LogP contribution in [0, 0.1) is 0 Å².